The molecule has 0 saturated heterocycles. The van der Waals surface area contributed by atoms with Crippen LogP contribution in [0.1, 0.15) is 16.8 Å². The fourth-order valence-electron chi connectivity index (χ4n) is 3.55. The van der Waals surface area contributed by atoms with Crippen LogP contribution in [-0.4, -0.2) is 35.6 Å². The van der Waals surface area contributed by atoms with Crippen LogP contribution in [0.3, 0.4) is 0 Å². The second-order valence-electron chi connectivity index (χ2n) is 7.10. The molecule has 0 aliphatic carbocycles. The van der Waals surface area contributed by atoms with Crippen molar-refractivity contribution in [3.63, 3.8) is 0 Å². The van der Waals surface area contributed by atoms with E-state index in [1.807, 2.05) is 12.1 Å². The van der Waals surface area contributed by atoms with Gasteiger partial charge in [0.2, 0.25) is 5.95 Å². The van der Waals surface area contributed by atoms with Gasteiger partial charge >= 0.3 is 0 Å². The predicted molar refractivity (Wildman–Crippen MR) is 109 cm³/mol. The van der Waals surface area contributed by atoms with E-state index in [9.17, 15) is 8.78 Å². The number of hydrogen-bond acceptors (Lipinski definition) is 6. The molecule has 0 fully saturated rings. The van der Waals surface area contributed by atoms with Crippen LogP contribution in [0.5, 0.6) is 11.5 Å². The molecule has 1 aromatic heterocycles. The topological polar surface area (TPSA) is 59.5 Å². The third-order valence-electron chi connectivity index (χ3n) is 5.00. The minimum atomic E-state index is -0.560. The Kier molecular flexibility index (Phi) is 5.76. The second-order valence-corrected chi connectivity index (χ2v) is 7.10. The summed E-state index contributed by atoms with van der Waals surface area (Å²) in [5.74, 6) is 0.690. The van der Waals surface area contributed by atoms with E-state index in [-0.39, 0.29) is 0 Å². The molecule has 8 heteroatoms. The first-order valence-electron chi connectivity index (χ1n) is 9.55. The average Bonchev–Trinajstić information content (AvgIpc) is 2.73. The second kappa shape index (κ2) is 8.62. The normalized spacial score (nSPS) is 13.6. The Balaban J connectivity index is 1.47. The van der Waals surface area contributed by atoms with Gasteiger partial charge < -0.3 is 14.8 Å². The van der Waals surface area contributed by atoms with Crippen molar-refractivity contribution in [2.24, 2.45) is 0 Å². The van der Waals surface area contributed by atoms with E-state index in [0.29, 0.717) is 36.1 Å². The van der Waals surface area contributed by atoms with Crippen LogP contribution in [0.4, 0.5) is 20.4 Å². The number of ether oxygens (including phenoxy) is 2. The highest BCUT2D eigenvalue weighted by atomic mass is 19.1. The molecule has 0 saturated carbocycles. The molecule has 0 unspecified atom stereocenters. The van der Waals surface area contributed by atoms with Gasteiger partial charge in [0.1, 0.15) is 23.1 Å². The third-order valence-corrected chi connectivity index (χ3v) is 5.00. The van der Waals surface area contributed by atoms with Crippen molar-refractivity contribution >= 4 is 11.6 Å². The summed E-state index contributed by atoms with van der Waals surface area (Å²) in [5.41, 5.74) is 3.32. The molecule has 2 heterocycles. The van der Waals surface area contributed by atoms with Gasteiger partial charge in [0.15, 0.2) is 0 Å². The van der Waals surface area contributed by atoms with Gasteiger partial charge in [-0.3, -0.25) is 4.90 Å². The SMILES string of the molecule is COc1ccc(Nc2ncc3c(n2)CCN(Cc2cc(F)cc(F)c2)C3)c(OC)c1. The monoisotopic (exact) mass is 412 g/mol. The maximum Gasteiger partial charge on any atom is 0.227 e. The summed E-state index contributed by atoms with van der Waals surface area (Å²) >= 11 is 0. The van der Waals surface area contributed by atoms with Crippen LogP contribution in [0, 0.1) is 11.6 Å². The van der Waals surface area contributed by atoms with Crippen LogP contribution in [0.2, 0.25) is 0 Å². The number of anilines is 2. The molecule has 0 amide bonds. The molecule has 4 rings (SSSR count). The summed E-state index contributed by atoms with van der Waals surface area (Å²) in [5, 5.41) is 3.19. The molecule has 6 nitrogen and oxygen atoms in total. The van der Waals surface area contributed by atoms with Gasteiger partial charge in [-0.15, -0.1) is 0 Å². The van der Waals surface area contributed by atoms with Crippen LogP contribution in [-0.2, 0) is 19.5 Å². The summed E-state index contributed by atoms with van der Waals surface area (Å²) in [6, 6.07) is 9.08. The summed E-state index contributed by atoms with van der Waals surface area (Å²) < 4.78 is 37.5. The van der Waals surface area contributed by atoms with Gasteiger partial charge in [-0.1, -0.05) is 0 Å². The van der Waals surface area contributed by atoms with Crippen molar-refractivity contribution in [1.29, 1.82) is 0 Å². The third kappa shape index (κ3) is 4.49. The van der Waals surface area contributed by atoms with Gasteiger partial charge in [0, 0.05) is 49.9 Å². The fourth-order valence-corrected chi connectivity index (χ4v) is 3.55. The van der Waals surface area contributed by atoms with E-state index in [2.05, 4.69) is 20.2 Å². The van der Waals surface area contributed by atoms with E-state index in [1.54, 1.807) is 26.5 Å². The number of fused-ring (bicyclic) bond motifs is 1. The minimum Gasteiger partial charge on any atom is -0.497 e. The molecule has 30 heavy (non-hydrogen) atoms. The molecule has 1 aliphatic rings. The highest BCUT2D eigenvalue weighted by Gasteiger charge is 2.19. The molecule has 1 N–H and O–H groups in total. The zero-order valence-electron chi connectivity index (χ0n) is 16.8. The van der Waals surface area contributed by atoms with Gasteiger partial charge in [-0.05, 0) is 29.8 Å². The Morgan fingerprint density at radius 1 is 1.07 bits per heavy atom. The minimum absolute atomic E-state index is 0.469. The molecule has 0 radical (unpaired) electrons. The number of aromatic nitrogens is 2. The molecule has 0 bridgehead atoms. The summed E-state index contributed by atoms with van der Waals surface area (Å²) in [4.78, 5) is 11.2. The Morgan fingerprint density at radius 3 is 2.60 bits per heavy atom. The lowest BCUT2D eigenvalue weighted by atomic mass is 10.1. The number of nitrogens with one attached hydrogen (secondary N) is 1. The molecular formula is C22H22F2N4O2. The first kappa shape index (κ1) is 20.0. The van der Waals surface area contributed by atoms with E-state index in [4.69, 9.17) is 9.47 Å². The first-order valence-corrected chi connectivity index (χ1v) is 9.55. The van der Waals surface area contributed by atoms with Gasteiger partial charge in [0.05, 0.1) is 25.6 Å². The number of rotatable bonds is 6. The Bertz CT molecular complexity index is 1040. The Morgan fingerprint density at radius 2 is 1.87 bits per heavy atom. The number of hydrogen-bond donors (Lipinski definition) is 1. The van der Waals surface area contributed by atoms with Crippen LogP contribution >= 0.6 is 0 Å². The lowest BCUT2D eigenvalue weighted by molar-refractivity contribution is 0.242. The molecule has 0 spiro atoms. The maximum absolute atomic E-state index is 13.4. The van der Waals surface area contributed by atoms with Crippen LogP contribution in [0.25, 0.3) is 0 Å². The van der Waals surface area contributed by atoms with Crippen molar-refractivity contribution in [2.45, 2.75) is 19.5 Å². The van der Waals surface area contributed by atoms with Gasteiger partial charge in [-0.2, -0.15) is 0 Å². The molecule has 3 aromatic rings. The van der Waals surface area contributed by atoms with E-state index in [0.717, 1.165) is 36.0 Å². The van der Waals surface area contributed by atoms with Crippen molar-refractivity contribution in [3.05, 3.63) is 71.1 Å². The van der Waals surface area contributed by atoms with Crippen molar-refractivity contribution in [3.8, 4) is 11.5 Å². The standard InChI is InChI=1S/C22H22F2N4O2/c1-29-18-3-4-20(21(10-18)30-2)27-22-25-11-15-13-28(6-5-19(15)26-22)12-14-7-16(23)9-17(24)8-14/h3-4,7-11H,5-6,12-13H2,1-2H3,(H,25,26,27). The number of methoxy groups -OCH3 is 2. The lowest BCUT2D eigenvalue weighted by Gasteiger charge is -2.28. The van der Waals surface area contributed by atoms with E-state index in [1.165, 1.54) is 12.1 Å². The molecule has 156 valence electrons. The van der Waals surface area contributed by atoms with E-state index < -0.39 is 11.6 Å². The molecular weight excluding hydrogens is 390 g/mol. The first-order chi connectivity index (χ1) is 14.5. The number of halogens is 2. The highest BCUT2D eigenvalue weighted by Crippen LogP contribution is 2.31. The quantitative estimate of drug-likeness (QED) is 0.659. The lowest BCUT2D eigenvalue weighted by Crippen LogP contribution is -2.31. The fraction of sp³-hybridized carbons (Fsp3) is 0.273. The van der Waals surface area contributed by atoms with Gasteiger partial charge in [0.25, 0.3) is 0 Å². The van der Waals surface area contributed by atoms with E-state index >= 15 is 0 Å². The Labute approximate surface area is 173 Å². The number of nitrogens with zero attached hydrogens (tertiary/aromatic N) is 3. The predicted octanol–water partition coefficient (Wildman–Crippen LogP) is 4.07. The molecule has 1 aliphatic heterocycles. The average molecular weight is 412 g/mol. The van der Waals surface area contributed by atoms with Crippen LogP contribution in [0.15, 0.2) is 42.6 Å². The summed E-state index contributed by atoms with van der Waals surface area (Å²) in [6.45, 7) is 1.84. The zero-order chi connectivity index (χ0) is 21.1. The van der Waals surface area contributed by atoms with Crippen LogP contribution < -0.4 is 14.8 Å². The van der Waals surface area contributed by atoms with Gasteiger partial charge in [-0.25, -0.2) is 18.7 Å². The van der Waals surface area contributed by atoms with Crippen molar-refractivity contribution in [2.75, 3.05) is 26.1 Å². The summed E-state index contributed by atoms with van der Waals surface area (Å²) in [7, 11) is 3.19. The van der Waals surface area contributed by atoms with Crippen molar-refractivity contribution < 1.29 is 18.3 Å². The summed E-state index contributed by atoms with van der Waals surface area (Å²) in [6.07, 6.45) is 2.52. The molecule has 2 aromatic carbocycles. The maximum atomic E-state index is 13.4. The smallest absolute Gasteiger partial charge is 0.227 e. The zero-order valence-corrected chi connectivity index (χ0v) is 16.8. The Hall–Kier alpha value is -3.26. The number of benzene rings is 2. The van der Waals surface area contributed by atoms with Crippen molar-refractivity contribution in [1.82, 2.24) is 14.9 Å². The highest BCUT2D eigenvalue weighted by molar-refractivity contribution is 5.64. The largest absolute Gasteiger partial charge is 0.497 e. The molecule has 0 atom stereocenters.